The third-order valence-corrected chi connectivity index (χ3v) is 5.26. The van der Waals surface area contributed by atoms with E-state index in [1.807, 2.05) is 7.05 Å². The minimum Gasteiger partial charge on any atom is -0.372 e. The second kappa shape index (κ2) is 5.66. The van der Waals surface area contributed by atoms with Crippen molar-refractivity contribution < 1.29 is 0 Å². The SMILES string of the molecule is CNc1nc(CN2CCCC(C)C2C)nc2sccc12. The zero-order valence-electron chi connectivity index (χ0n) is 12.4. The average Bonchev–Trinajstić information content (AvgIpc) is 2.91. The van der Waals surface area contributed by atoms with Crippen molar-refractivity contribution in [3.05, 3.63) is 17.3 Å². The molecule has 1 N–H and O–H groups in total. The first-order chi connectivity index (χ1) is 9.69. The Hall–Kier alpha value is -1.20. The van der Waals surface area contributed by atoms with Gasteiger partial charge in [0.2, 0.25) is 0 Å². The van der Waals surface area contributed by atoms with Crippen molar-refractivity contribution in [1.82, 2.24) is 14.9 Å². The molecule has 5 heteroatoms. The fourth-order valence-corrected chi connectivity index (χ4v) is 3.77. The summed E-state index contributed by atoms with van der Waals surface area (Å²) in [4.78, 5) is 13.0. The Kier molecular flexibility index (Phi) is 3.89. The molecule has 3 rings (SSSR count). The highest BCUT2D eigenvalue weighted by atomic mass is 32.1. The van der Waals surface area contributed by atoms with Crippen LogP contribution in [0.4, 0.5) is 5.82 Å². The first-order valence-electron chi connectivity index (χ1n) is 7.35. The molecule has 1 aliphatic rings. The van der Waals surface area contributed by atoms with Gasteiger partial charge in [0.1, 0.15) is 16.5 Å². The summed E-state index contributed by atoms with van der Waals surface area (Å²) >= 11 is 1.68. The second-order valence-corrected chi connectivity index (χ2v) is 6.60. The quantitative estimate of drug-likeness (QED) is 0.941. The maximum Gasteiger partial charge on any atom is 0.146 e. The molecule has 4 nitrogen and oxygen atoms in total. The number of nitrogens with zero attached hydrogens (tertiary/aromatic N) is 3. The number of hydrogen-bond acceptors (Lipinski definition) is 5. The molecule has 0 spiro atoms. The van der Waals surface area contributed by atoms with Gasteiger partial charge in [-0.2, -0.15) is 0 Å². The Bertz CT molecular complexity index is 595. The number of fused-ring (bicyclic) bond motifs is 1. The summed E-state index contributed by atoms with van der Waals surface area (Å²) in [5.41, 5.74) is 0. The van der Waals surface area contributed by atoms with Crippen LogP contribution in [-0.2, 0) is 6.54 Å². The number of rotatable bonds is 3. The molecule has 1 saturated heterocycles. The van der Waals surface area contributed by atoms with Crippen LogP contribution in [-0.4, -0.2) is 34.5 Å². The maximum absolute atomic E-state index is 4.72. The van der Waals surface area contributed by atoms with Crippen LogP contribution >= 0.6 is 11.3 Å². The summed E-state index contributed by atoms with van der Waals surface area (Å²) in [5, 5.41) is 6.40. The van der Waals surface area contributed by atoms with E-state index in [2.05, 4.69) is 40.5 Å². The van der Waals surface area contributed by atoms with Gasteiger partial charge < -0.3 is 5.32 Å². The topological polar surface area (TPSA) is 41.1 Å². The summed E-state index contributed by atoms with van der Waals surface area (Å²) in [6.07, 6.45) is 2.62. The molecular formula is C15H22N4S. The molecule has 3 heterocycles. The molecule has 0 aromatic carbocycles. The highest BCUT2D eigenvalue weighted by Gasteiger charge is 2.25. The molecule has 0 radical (unpaired) electrons. The van der Waals surface area contributed by atoms with Crippen LogP contribution in [0.5, 0.6) is 0 Å². The predicted octanol–water partition coefficient (Wildman–Crippen LogP) is 3.35. The molecule has 20 heavy (non-hydrogen) atoms. The molecule has 0 aliphatic carbocycles. The molecule has 108 valence electrons. The van der Waals surface area contributed by atoms with Crippen LogP contribution in [0, 0.1) is 5.92 Å². The Morgan fingerprint density at radius 2 is 2.25 bits per heavy atom. The summed E-state index contributed by atoms with van der Waals surface area (Å²) in [7, 11) is 1.93. The fraction of sp³-hybridized carbons (Fsp3) is 0.600. The number of anilines is 1. The molecule has 2 aromatic rings. The molecule has 2 unspecified atom stereocenters. The molecular weight excluding hydrogens is 268 g/mol. The lowest BCUT2D eigenvalue weighted by molar-refractivity contribution is 0.104. The van der Waals surface area contributed by atoms with Gasteiger partial charge in [-0.3, -0.25) is 4.90 Å². The lowest BCUT2D eigenvalue weighted by Gasteiger charge is -2.37. The Labute approximate surface area is 124 Å². The lowest BCUT2D eigenvalue weighted by Crippen LogP contribution is -2.42. The van der Waals surface area contributed by atoms with E-state index in [1.165, 1.54) is 12.8 Å². The molecule has 1 fully saturated rings. The summed E-state index contributed by atoms with van der Waals surface area (Å²) in [6.45, 7) is 6.69. The fourth-order valence-electron chi connectivity index (χ4n) is 2.99. The second-order valence-electron chi connectivity index (χ2n) is 5.71. The van der Waals surface area contributed by atoms with Gasteiger partial charge in [0.25, 0.3) is 0 Å². The van der Waals surface area contributed by atoms with Crippen LogP contribution in [0.25, 0.3) is 10.2 Å². The van der Waals surface area contributed by atoms with Crippen molar-refractivity contribution in [1.29, 1.82) is 0 Å². The highest BCUT2D eigenvalue weighted by molar-refractivity contribution is 7.16. The van der Waals surface area contributed by atoms with Crippen molar-refractivity contribution in [3.63, 3.8) is 0 Å². The van der Waals surface area contributed by atoms with Gasteiger partial charge in [-0.1, -0.05) is 6.92 Å². The van der Waals surface area contributed by atoms with Crippen LogP contribution < -0.4 is 5.32 Å². The van der Waals surface area contributed by atoms with Crippen molar-refractivity contribution in [3.8, 4) is 0 Å². The molecule has 1 aliphatic heterocycles. The lowest BCUT2D eigenvalue weighted by atomic mass is 9.92. The monoisotopic (exact) mass is 290 g/mol. The summed E-state index contributed by atoms with van der Waals surface area (Å²) in [6, 6.07) is 2.70. The maximum atomic E-state index is 4.72. The van der Waals surface area contributed by atoms with Gasteiger partial charge in [-0.05, 0) is 43.7 Å². The normalized spacial score (nSPS) is 24.1. The minimum atomic E-state index is 0.615. The van der Waals surface area contributed by atoms with Gasteiger partial charge in [0.15, 0.2) is 0 Å². The third-order valence-electron chi connectivity index (χ3n) is 4.46. The van der Waals surface area contributed by atoms with E-state index in [-0.39, 0.29) is 0 Å². The van der Waals surface area contributed by atoms with E-state index in [4.69, 9.17) is 4.98 Å². The highest BCUT2D eigenvalue weighted by Crippen LogP contribution is 2.27. The first-order valence-corrected chi connectivity index (χ1v) is 8.23. The predicted molar refractivity (Wildman–Crippen MR) is 85.2 cm³/mol. The molecule has 0 saturated carbocycles. The number of aromatic nitrogens is 2. The first kappa shape index (κ1) is 13.8. The van der Waals surface area contributed by atoms with Crippen LogP contribution in [0.2, 0.25) is 0 Å². The van der Waals surface area contributed by atoms with Crippen molar-refractivity contribution in [2.45, 2.75) is 39.3 Å². The number of hydrogen-bond donors (Lipinski definition) is 1. The molecule has 0 bridgehead atoms. The molecule has 2 atom stereocenters. The van der Waals surface area contributed by atoms with E-state index >= 15 is 0 Å². The third kappa shape index (κ3) is 2.52. The van der Waals surface area contributed by atoms with E-state index < -0.39 is 0 Å². The number of nitrogens with one attached hydrogen (secondary N) is 1. The van der Waals surface area contributed by atoms with E-state index in [9.17, 15) is 0 Å². The Morgan fingerprint density at radius 3 is 3.05 bits per heavy atom. The largest absolute Gasteiger partial charge is 0.372 e. The zero-order chi connectivity index (χ0) is 14.1. The van der Waals surface area contributed by atoms with Crippen LogP contribution in [0.1, 0.15) is 32.5 Å². The molecule has 0 amide bonds. The van der Waals surface area contributed by atoms with Crippen molar-refractivity contribution in [2.75, 3.05) is 18.9 Å². The van der Waals surface area contributed by atoms with Gasteiger partial charge in [0, 0.05) is 13.1 Å². The standard InChI is InChI=1S/C15H22N4S/c1-10-5-4-7-19(11(10)2)9-13-17-14(16-3)12-6-8-20-15(12)18-13/h6,8,10-11H,4-5,7,9H2,1-3H3,(H,16,17,18). The number of thiophene rings is 1. The van der Waals surface area contributed by atoms with Gasteiger partial charge >= 0.3 is 0 Å². The van der Waals surface area contributed by atoms with Crippen LogP contribution in [0.3, 0.4) is 0 Å². The van der Waals surface area contributed by atoms with E-state index in [0.29, 0.717) is 6.04 Å². The number of piperidine rings is 1. The van der Waals surface area contributed by atoms with E-state index in [1.54, 1.807) is 11.3 Å². The summed E-state index contributed by atoms with van der Waals surface area (Å²) in [5.74, 6) is 2.65. The van der Waals surface area contributed by atoms with Gasteiger partial charge in [0.05, 0.1) is 11.9 Å². The minimum absolute atomic E-state index is 0.615. The Balaban J connectivity index is 1.86. The average molecular weight is 290 g/mol. The Morgan fingerprint density at radius 1 is 1.40 bits per heavy atom. The number of likely N-dealkylation sites (tertiary alicyclic amines) is 1. The smallest absolute Gasteiger partial charge is 0.146 e. The van der Waals surface area contributed by atoms with Gasteiger partial charge in [-0.15, -0.1) is 11.3 Å². The molecule has 2 aromatic heterocycles. The van der Waals surface area contributed by atoms with E-state index in [0.717, 1.165) is 40.9 Å². The van der Waals surface area contributed by atoms with Crippen molar-refractivity contribution >= 4 is 27.4 Å². The van der Waals surface area contributed by atoms with Crippen molar-refractivity contribution in [2.24, 2.45) is 5.92 Å². The van der Waals surface area contributed by atoms with Gasteiger partial charge in [-0.25, -0.2) is 9.97 Å². The summed E-state index contributed by atoms with van der Waals surface area (Å²) < 4.78 is 0. The zero-order valence-corrected chi connectivity index (χ0v) is 13.2. The van der Waals surface area contributed by atoms with Crippen LogP contribution in [0.15, 0.2) is 11.4 Å².